The minimum absolute atomic E-state index is 0.0302. The first-order valence-electron chi connectivity index (χ1n) is 14.8. The lowest BCUT2D eigenvalue weighted by Gasteiger charge is -2.13. The smallest absolute Gasteiger partial charge is 0.264 e. The van der Waals surface area contributed by atoms with Crippen LogP contribution in [0, 0.1) is 20.8 Å². The molecule has 0 spiro atoms. The normalized spacial score (nSPS) is 14.4. The van der Waals surface area contributed by atoms with Crippen LogP contribution in [0.2, 0.25) is 0 Å². The molecular weight excluding hydrogens is 637 g/mol. The van der Waals surface area contributed by atoms with Crippen molar-refractivity contribution in [2.75, 3.05) is 18.2 Å². The zero-order valence-electron chi connectivity index (χ0n) is 26.0. The highest BCUT2D eigenvalue weighted by Gasteiger charge is 2.31. The number of rotatable bonds is 8. The molecule has 0 unspecified atom stereocenters. The van der Waals surface area contributed by atoms with Crippen LogP contribution in [0.25, 0.3) is 21.8 Å². The number of nitrogens with one attached hydrogen (secondary N) is 1. The fraction of sp³-hybridized carbons (Fsp3) is 0.212. The first-order valence-corrected chi connectivity index (χ1v) is 17.5. The minimum atomic E-state index is -3.61. The van der Waals surface area contributed by atoms with Gasteiger partial charge in [0.1, 0.15) is 22.4 Å². The van der Waals surface area contributed by atoms with Gasteiger partial charge >= 0.3 is 0 Å². The van der Waals surface area contributed by atoms with Crippen molar-refractivity contribution in [1.82, 2.24) is 29.4 Å². The number of carbonyl (C=O) groups is 1. The van der Waals surface area contributed by atoms with Crippen LogP contribution in [0.5, 0.6) is 0 Å². The van der Waals surface area contributed by atoms with Crippen LogP contribution in [0.3, 0.4) is 0 Å². The maximum absolute atomic E-state index is 13.1. The number of aryl methyl sites for hydroxylation is 2. The molecule has 0 saturated carbocycles. The molecule has 1 amide bonds. The van der Waals surface area contributed by atoms with Gasteiger partial charge in [-0.1, -0.05) is 36.4 Å². The van der Waals surface area contributed by atoms with Gasteiger partial charge in [-0.2, -0.15) is 13.5 Å². The monoisotopic (exact) mass is 666 g/mol. The Labute approximate surface area is 274 Å². The molecule has 1 N–H and O–H groups in total. The maximum atomic E-state index is 13.1. The number of aliphatic imine (C=N–C) groups is 1. The number of thiophene rings is 1. The standard InChI is InChI=1S/C33H30N8O4S2/c1-19-20(2)46-33-28(19)29(37-27(13-16-45-47(4,43)44)31-39-38-21(3)41(31)33)23-11-9-22(10-12-23)24-7-5-8-25(17-24)36-32(42)26-18-35-40-15-6-14-34-30(26)40/h5-12,14-15,17-18,27H,13,16H2,1-4H3,(H,36,42)/t27-/m0/s1. The number of hydrogen-bond donors (Lipinski definition) is 1. The van der Waals surface area contributed by atoms with Crippen molar-refractivity contribution in [2.24, 2.45) is 4.99 Å². The van der Waals surface area contributed by atoms with Gasteiger partial charge < -0.3 is 5.32 Å². The van der Waals surface area contributed by atoms with Crippen molar-refractivity contribution in [1.29, 1.82) is 0 Å². The fourth-order valence-electron chi connectivity index (χ4n) is 5.68. The molecule has 0 fully saturated rings. The topological polar surface area (TPSA) is 146 Å². The number of nitrogens with zero attached hydrogens (tertiary/aromatic N) is 7. The quantitative estimate of drug-likeness (QED) is 0.210. The lowest BCUT2D eigenvalue weighted by molar-refractivity contribution is 0.102. The number of benzene rings is 2. The largest absolute Gasteiger partial charge is 0.322 e. The van der Waals surface area contributed by atoms with Crippen LogP contribution in [-0.2, 0) is 14.3 Å². The Bertz CT molecular complexity index is 2300. The molecule has 12 nitrogen and oxygen atoms in total. The predicted octanol–water partition coefficient (Wildman–Crippen LogP) is 5.47. The lowest BCUT2D eigenvalue weighted by Crippen LogP contribution is -2.12. The Morgan fingerprint density at radius 1 is 1.02 bits per heavy atom. The van der Waals surface area contributed by atoms with Crippen molar-refractivity contribution >= 4 is 44.4 Å². The number of fused-ring (bicyclic) bond motifs is 4. The molecule has 7 rings (SSSR count). The van der Waals surface area contributed by atoms with Crippen LogP contribution in [0.15, 0.2) is 78.2 Å². The SMILES string of the molecule is Cc1sc2c(c1C)C(c1ccc(-c3cccc(NC(=O)c4cnn5cccnc45)c3)cc1)=N[C@@H](CCOS(C)(=O)=O)c1nnc(C)n1-2. The van der Waals surface area contributed by atoms with Crippen LogP contribution >= 0.6 is 11.3 Å². The summed E-state index contributed by atoms with van der Waals surface area (Å²) in [5, 5.41) is 17.0. The number of carbonyl (C=O) groups excluding carboxylic acids is 1. The molecule has 6 aromatic rings. The molecule has 14 heteroatoms. The van der Waals surface area contributed by atoms with Crippen LogP contribution in [-0.4, -0.2) is 62.3 Å². The summed E-state index contributed by atoms with van der Waals surface area (Å²) in [7, 11) is -3.61. The first-order chi connectivity index (χ1) is 22.6. The highest BCUT2D eigenvalue weighted by molar-refractivity contribution is 7.85. The Hall–Kier alpha value is -5.05. The van der Waals surface area contributed by atoms with E-state index in [-0.39, 0.29) is 12.5 Å². The maximum Gasteiger partial charge on any atom is 0.264 e. The van der Waals surface area contributed by atoms with Gasteiger partial charge in [-0.15, -0.1) is 21.5 Å². The van der Waals surface area contributed by atoms with Crippen molar-refractivity contribution in [2.45, 2.75) is 33.2 Å². The second kappa shape index (κ2) is 12.0. The summed E-state index contributed by atoms with van der Waals surface area (Å²) in [5.41, 5.74) is 7.22. The molecule has 4 aromatic heterocycles. The molecule has 1 aliphatic rings. The Morgan fingerprint density at radius 3 is 2.60 bits per heavy atom. The van der Waals surface area contributed by atoms with Crippen LogP contribution < -0.4 is 5.32 Å². The highest BCUT2D eigenvalue weighted by atomic mass is 32.2. The van der Waals surface area contributed by atoms with Gasteiger partial charge in [0.2, 0.25) is 0 Å². The Balaban J connectivity index is 1.21. The Morgan fingerprint density at radius 2 is 1.81 bits per heavy atom. The zero-order valence-corrected chi connectivity index (χ0v) is 27.6. The molecule has 0 radical (unpaired) electrons. The third-order valence-corrected chi connectivity index (χ3v) is 9.85. The average Bonchev–Trinajstić information content (AvgIpc) is 3.71. The predicted molar refractivity (Wildman–Crippen MR) is 180 cm³/mol. The highest BCUT2D eigenvalue weighted by Crippen LogP contribution is 2.39. The molecule has 1 aliphatic heterocycles. The van der Waals surface area contributed by atoms with E-state index in [9.17, 15) is 13.2 Å². The van der Waals surface area contributed by atoms with Gasteiger partial charge in [-0.25, -0.2) is 9.50 Å². The first kappa shape index (κ1) is 30.6. The average molecular weight is 667 g/mol. The second-order valence-corrected chi connectivity index (χ2v) is 14.1. The number of hydrogen-bond acceptors (Lipinski definition) is 10. The lowest BCUT2D eigenvalue weighted by atomic mass is 9.97. The van der Waals surface area contributed by atoms with E-state index in [2.05, 4.69) is 39.4 Å². The fourth-order valence-corrected chi connectivity index (χ4v) is 7.29. The molecule has 47 heavy (non-hydrogen) atoms. The van der Waals surface area contributed by atoms with E-state index in [1.165, 1.54) is 6.20 Å². The minimum Gasteiger partial charge on any atom is -0.322 e. The van der Waals surface area contributed by atoms with Gasteiger partial charge in [0.05, 0.1) is 24.8 Å². The summed E-state index contributed by atoms with van der Waals surface area (Å²) in [4.78, 5) is 23.7. The molecule has 238 valence electrons. The van der Waals surface area contributed by atoms with Crippen LogP contribution in [0.4, 0.5) is 5.69 Å². The number of anilines is 1. The molecule has 2 aromatic carbocycles. The van der Waals surface area contributed by atoms with E-state index >= 15 is 0 Å². The molecule has 0 saturated heterocycles. The molecule has 0 bridgehead atoms. The number of aromatic nitrogens is 6. The molecule has 5 heterocycles. The van der Waals surface area contributed by atoms with Crippen molar-refractivity contribution < 1.29 is 17.4 Å². The van der Waals surface area contributed by atoms with Gasteiger partial charge in [0, 0.05) is 40.5 Å². The molecular formula is C33H30N8O4S2. The number of amides is 1. The Kier molecular flexibility index (Phi) is 7.78. The summed E-state index contributed by atoms with van der Waals surface area (Å²) in [6.07, 6.45) is 6.22. The summed E-state index contributed by atoms with van der Waals surface area (Å²) >= 11 is 1.66. The van der Waals surface area contributed by atoms with E-state index in [0.717, 1.165) is 55.5 Å². The molecule has 0 aliphatic carbocycles. The van der Waals surface area contributed by atoms with E-state index in [1.54, 1.807) is 34.3 Å². The van der Waals surface area contributed by atoms with Crippen molar-refractivity contribution in [3.05, 3.63) is 112 Å². The van der Waals surface area contributed by atoms with E-state index < -0.39 is 16.2 Å². The van der Waals surface area contributed by atoms with Crippen molar-refractivity contribution in [3.63, 3.8) is 0 Å². The summed E-state index contributed by atoms with van der Waals surface area (Å²) in [5.74, 6) is 1.08. The zero-order chi connectivity index (χ0) is 32.9. The van der Waals surface area contributed by atoms with Gasteiger partial charge in [0.15, 0.2) is 11.5 Å². The van der Waals surface area contributed by atoms with Crippen LogP contribution in [0.1, 0.15) is 56.0 Å². The van der Waals surface area contributed by atoms with Gasteiger partial charge in [-0.3, -0.25) is 18.5 Å². The summed E-state index contributed by atoms with van der Waals surface area (Å²) in [6.45, 7) is 6.05. The van der Waals surface area contributed by atoms with E-state index in [4.69, 9.17) is 9.18 Å². The van der Waals surface area contributed by atoms with Gasteiger partial charge in [-0.05, 0) is 55.7 Å². The third kappa shape index (κ3) is 5.86. The van der Waals surface area contributed by atoms with Crippen molar-refractivity contribution in [3.8, 4) is 16.1 Å². The van der Waals surface area contributed by atoms with E-state index in [0.29, 0.717) is 29.1 Å². The second-order valence-electron chi connectivity index (χ2n) is 11.3. The molecule has 1 atom stereocenters. The van der Waals surface area contributed by atoms with E-state index in [1.807, 2.05) is 60.0 Å². The third-order valence-electron chi connectivity index (χ3n) is 8.06. The summed E-state index contributed by atoms with van der Waals surface area (Å²) < 4.78 is 32.1. The summed E-state index contributed by atoms with van der Waals surface area (Å²) in [6, 6.07) is 17.0. The van der Waals surface area contributed by atoms with Gasteiger partial charge in [0.25, 0.3) is 16.0 Å².